The van der Waals surface area contributed by atoms with Crippen molar-refractivity contribution in [1.29, 1.82) is 0 Å². The second kappa shape index (κ2) is 4.82. The molecule has 0 aliphatic rings. The molecule has 0 saturated carbocycles. The Morgan fingerprint density at radius 3 is 2.59 bits per heavy atom. The molecule has 86 valence electrons. The van der Waals surface area contributed by atoms with E-state index in [1.807, 2.05) is 0 Å². The first kappa shape index (κ1) is 12.0. The minimum absolute atomic E-state index is 0.0908. The molecule has 0 radical (unpaired) electrons. The summed E-state index contributed by atoms with van der Waals surface area (Å²) in [7, 11) is 0. The van der Waals surface area contributed by atoms with Crippen molar-refractivity contribution in [1.82, 2.24) is 4.98 Å². The molecule has 0 saturated heterocycles. The lowest BCUT2D eigenvalue weighted by atomic mass is 10.1. The van der Waals surface area contributed by atoms with Gasteiger partial charge in [0, 0.05) is 5.56 Å². The Labute approximate surface area is 107 Å². The molecule has 2 nitrogen and oxygen atoms in total. The van der Waals surface area contributed by atoms with E-state index in [0.29, 0.717) is 27.6 Å². The van der Waals surface area contributed by atoms with E-state index >= 15 is 0 Å². The van der Waals surface area contributed by atoms with Gasteiger partial charge in [0.25, 0.3) is 0 Å². The zero-order chi connectivity index (χ0) is 12.4. The SMILES string of the molecule is O=Cc1ccc(-c2cccc(Cl)c2Cl)nc1F. The summed E-state index contributed by atoms with van der Waals surface area (Å²) in [5.41, 5.74) is 0.767. The van der Waals surface area contributed by atoms with Crippen molar-refractivity contribution >= 4 is 29.5 Å². The molecule has 0 atom stereocenters. The second-order valence-corrected chi connectivity index (χ2v) is 4.08. The van der Waals surface area contributed by atoms with Crippen LogP contribution in [0.3, 0.4) is 0 Å². The number of pyridine rings is 1. The average Bonchev–Trinajstić information content (AvgIpc) is 2.32. The number of aldehydes is 1. The highest BCUT2D eigenvalue weighted by Crippen LogP contribution is 2.32. The Morgan fingerprint density at radius 1 is 1.18 bits per heavy atom. The van der Waals surface area contributed by atoms with E-state index in [1.54, 1.807) is 18.2 Å². The van der Waals surface area contributed by atoms with Crippen molar-refractivity contribution in [3.63, 3.8) is 0 Å². The molecule has 0 aliphatic carbocycles. The van der Waals surface area contributed by atoms with E-state index in [4.69, 9.17) is 23.2 Å². The minimum Gasteiger partial charge on any atom is -0.298 e. The minimum atomic E-state index is -0.825. The van der Waals surface area contributed by atoms with Crippen LogP contribution >= 0.6 is 23.2 Å². The molecule has 0 unspecified atom stereocenters. The van der Waals surface area contributed by atoms with E-state index in [0.717, 1.165) is 0 Å². The van der Waals surface area contributed by atoms with Crippen LogP contribution in [0.4, 0.5) is 4.39 Å². The Balaban J connectivity index is 2.57. The van der Waals surface area contributed by atoms with Gasteiger partial charge in [0.1, 0.15) is 0 Å². The van der Waals surface area contributed by atoms with Gasteiger partial charge in [-0.3, -0.25) is 4.79 Å². The number of hydrogen-bond acceptors (Lipinski definition) is 2. The summed E-state index contributed by atoms with van der Waals surface area (Å²) in [6, 6.07) is 7.86. The van der Waals surface area contributed by atoms with Crippen LogP contribution in [0, 0.1) is 5.95 Å². The summed E-state index contributed by atoms with van der Waals surface area (Å²) >= 11 is 11.8. The standard InChI is InChI=1S/C12H6Cl2FNO/c13-9-3-1-2-8(11(9)14)10-5-4-7(6-17)12(15)16-10/h1-6H. The van der Waals surface area contributed by atoms with Crippen molar-refractivity contribution in [3.8, 4) is 11.3 Å². The average molecular weight is 270 g/mol. The first-order valence-electron chi connectivity index (χ1n) is 4.69. The number of nitrogens with zero attached hydrogens (tertiary/aromatic N) is 1. The molecule has 5 heteroatoms. The lowest BCUT2D eigenvalue weighted by Gasteiger charge is -2.05. The number of rotatable bonds is 2. The number of carbonyl (C=O) groups is 1. The van der Waals surface area contributed by atoms with Gasteiger partial charge in [0.2, 0.25) is 5.95 Å². The molecule has 0 fully saturated rings. The fraction of sp³-hybridized carbons (Fsp3) is 0. The molecular formula is C12H6Cl2FNO. The fourth-order valence-corrected chi connectivity index (χ4v) is 1.78. The van der Waals surface area contributed by atoms with Crippen LogP contribution in [-0.2, 0) is 0 Å². The zero-order valence-corrected chi connectivity index (χ0v) is 9.97. The van der Waals surface area contributed by atoms with Crippen LogP contribution in [0.1, 0.15) is 10.4 Å². The van der Waals surface area contributed by atoms with Crippen molar-refractivity contribution in [2.24, 2.45) is 0 Å². The highest BCUT2D eigenvalue weighted by molar-refractivity contribution is 6.43. The maximum Gasteiger partial charge on any atom is 0.224 e. The Bertz CT molecular complexity index is 587. The van der Waals surface area contributed by atoms with Gasteiger partial charge in [-0.1, -0.05) is 35.3 Å². The van der Waals surface area contributed by atoms with Gasteiger partial charge in [-0.05, 0) is 18.2 Å². The molecular weight excluding hydrogens is 264 g/mol. The molecule has 2 aromatic rings. The molecule has 1 aromatic heterocycles. The monoisotopic (exact) mass is 269 g/mol. The largest absolute Gasteiger partial charge is 0.298 e. The summed E-state index contributed by atoms with van der Waals surface area (Å²) in [5.74, 6) is -0.825. The maximum absolute atomic E-state index is 13.3. The third-order valence-electron chi connectivity index (χ3n) is 2.23. The molecule has 0 spiro atoms. The Kier molecular flexibility index (Phi) is 3.41. The Morgan fingerprint density at radius 2 is 1.94 bits per heavy atom. The predicted octanol–water partition coefficient (Wildman–Crippen LogP) is 4.01. The molecule has 1 heterocycles. The van der Waals surface area contributed by atoms with Crippen LogP contribution in [0.15, 0.2) is 30.3 Å². The molecule has 0 bridgehead atoms. The molecule has 17 heavy (non-hydrogen) atoms. The van der Waals surface area contributed by atoms with E-state index in [1.165, 1.54) is 12.1 Å². The third kappa shape index (κ3) is 2.30. The summed E-state index contributed by atoms with van der Waals surface area (Å²) in [6.07, 6.45) is 0.408. The van der Waals surface area contributed by atoms with E-state index in [9.17, 15) is 9.18 Å². The van der Waals surface area contributed by atoms with E-state index in [2.05, 4.69) is 4.98 Å². The van der Waals surface area contributed by atoms with Gasteiger partial charge in [-0.25, -0.2) is 4.98 Å². The van der Waals surface area contributed by atoms with Gasteiger partial charge >= 0.3 is 0 Å². The van der Waals surface area contributed by atoms with E-state index < -0.39 is 5.95 Å². The first-order chi connectivity index (χ1) is 8.13. The lowest BCUT2D eigenvalue weighted by Crippen LogP contribution is -1.94. The van der Waals surface area contributed by atoms with Gasteiger partial charge in [-0.15, -0.1) is 0 Å². The highest BCUT2D eigenvalue weighted by Gasteiger charge is 2.10. The number of hydrogen-bond donors (Lipinski definition) is 0. The summed E-state index contributed by atoms with van der Waals surface area (Å²) in [5, 5.41) is 0.672. The lowest BCUT2D eigenvalue weighted by molar-refractivity contribution is 0.111. The number of benzene rings is 1. The number of aromatic nitrogens is 1. The van der Waals surface area contributed by atoms with Crippen LogP contribution in [0.25, 0.3) is 11.3 Å². The number of halogens is 3. The smallest absolute Gasteiger partial charge is 0.224 e. The fourth-order valence-electron chi connectivity index (χ4n) is 1.38. The molecule has 2 rings (SSSR count). The zero-order valence-electron chi connectivity index (χ0n) is 8.45. The van der Waals surface area contributed by atoms with Gasteiger partial charge < -0.3 is 0 Å². The van der Waals surface area contributed by atoms with Crippen LogP contribution < -0.4 is 0 Å². The van der Waals surface area contributed by atoms with Crippen molar-refractivity contribution < 1.29 is 9.18 Å². The number of carbonyl (C=O) groups excluding carboxylic acids is 1. The van der Waals surface area contributed by atoms with Crippen molar-refractivity contribution in [2.45, 2.75) is 0 Å². The summed E-state index contributed by atoms with van der Waals surface area (Å²) in [4.78, 5) is 14.1. The highest BCUT2D eigenvalue weighted by atomic mass is 35.5. The summed E-state index contributed by atoms with van der Waals surface area (Å²) < 4.78 is 13.3. The molecule has 1 aromatic carbocycles. The maximum atomic E-state index is 13.3. The van der Waals surface area contributed by atoms with Gasteiger partial charge in [0.05, 0.1) is 21.3 Å². The van der Waals surface area contributed by atoms with Gasteiger partial charge in [0.15, 0.2) is 6.29 Å². The topological polar surface area (TPSA) is 30.0 Å². The summed E-state index contributed by atoms with van der Waals surface area (Å²) in [6.45, 7) is 0. The second-order valence-electron chi connectivity index (χ2n) is 3.30. The quantitative estimate of drug-likeness (QED) is 0.609. The van der Waals surface area contributed by atoms with Crippen LogP contribution in [-0.4, -0.2) is 11.3 Å². The first-order valence-corrected chi connectivity index (χ1v) is 5.45. The molecule has 0 aliphatic heterocycles. The van der Waals surface area contributed by atoms with Crippen molar-refractivity contribution in [2.75, 3.05) is 0 Å². The van der Waals surface area contributed by atoms with Crippen LogP contribution in [0.2, 0.25) is 10.0 Å². The predicted molar refractivity (Wildman–Crippen MR) is 65.0 cm³/mol. The van der Waals surface area contributed by atoms with Gasteiger partial charge in [-0.2, -0.15) is 4.39 Å². The van der Waals surface area contributed by atoms with E-state index in [-0.39, 0.29) is 5.56 Å². The Hall–Kier alpha value is -1.45. The normalized spacial score (nSPS) is 10.3. The third-order valence-corrected chi connectivity index (χ3v) is 3.05. The molecule has 0 N–H and O–H groups in total. The van der Waals surface area contributed by atoms with Crippen molar-refractivity contribution in [3.05, 3.63) is 51.9 Å². The van der Waals surface area contributed by atoms with Crippen LogP contribution in [0.5, 0.6) is 0 Å². The molecule has 0 amide bonds.